The predicted molar refractivity (Wildman–Crippen MR) is 50.5 cm³/mol. The quantitative estimate of drug-likeness (QED) is 0.531. The third-order valence-electron chi connectivity index (χ3n) is 0. The lowest BCUT2D eigenvalue weighted by atomic mass is 10.8. The van der Waals surface area contributed by atoms with Gasteiger partial charge < -0.3 is 10.8 Å². The highest BCUT2D eigenvalue weighted by atomic mass is 16.4. The van der Waals surface area contributed by atoms with Crippen LogP contribution in [-0.2, 0) is 4.79 Å². The minimum Gasteiger partial charge on any atom is -0.481 e. The zero-order chi connectivity index (χ0) is 10.3. The second-order valence-corrected chi connectivity index (χ2v) is 0.927. The number of carboxylic acids is 1. The zero-order valence-corrected chi connectivity index (χ0v) is 7.47. The highest BCUT2D eigenvalue weighted by molar-refractivity contribution is 5.62. The second-order valence-electron chi connectivity index (χ2n) is 0.927. The summed E-state index contributed by atoms with van der Waals surface area (Å²) in [7, 11) is 0. The maximum atomic E-state index is 9.00. The molecule has 0 aliphatic heterocycles. The molecule has 0 spiro atoms. The molecule has 68 valence electrons. The van der Waals surface area contributed by atoms with Crippen LogP contribution in [0, 0.1) is 0 Å². The predicted octanol–water partition coefficient (Wildman–Crippen LogP) is 1.66. The molecule has 0 fully saturated rings. The van der Waals surface area contributed by atoms with Gasteiger partial charge in [-0.25, -0.2) is 0 Å². The van der Waals surface area contributed by atoms with Crippen LogP contribution in [0.15, 0.2) is 26.3 Å². The molecule has 0 heterocycles. The fourth-order valence-corrected chi connectivity index (χ4v) is 0. The number of aliphatic carboxylic acids is 1. The summed E-state index contributed by atoms with van der Waals surface area (Å²) in [5, 5.41) is 7.42. The van der Waals surface area contributed by atoms with E-state index in [1.54, 1.807) is 0 Å². The van der Waals surface area contributed by atoms with Crippen LogP contribution in [-0.4, -0.2) is 17.6 Å². The van der Waals surface area contributed by atoms with Crippen LogP contribution in [0.4, 0.5) is 0 Å². The van der Waals surface area contributed by atoms with Crippen molar-refractivity contribution >= 4 is 5.97 Å². The standard InChI is InChI=1S/C2H7N.C2H4O2.2C2H4/c1-2-3;1-2(3)4;2*1-2/h2-3H2,1H3;1H3,(H,3,4);2*1-2H2. The molecule has 0 aliphatic rings. The summed E-state index contributed by atoms with van der Waals surface area (Å²) >= 11 is 0. The van der Waals surface area contributed by atoms with Crippen molar-refractivity contribution in [3.63, 3.8) is 0 Å². The van der Waals surface area contributed by atoms with Gasteiger partial charge in [0.1, 0.15) is 0 Å². The number of carbonyl (C=O) groups is 1. The third kappa shape index (κ3) is 358. The van der Waals surface area contributed by atoms with Crippen LogP contribution in [0.25, 0.3) is 0 Å². The van der Waals surface area contributed by atoms with Crippen molar-refractivity contribution in [2.45, 2.75) is 13.8 Å². The first kappa shape index (κ1) is 22.5. The van der Waals surface area contributed by atoms with E-state index in [1.807, 2.05) is 6.92 Å². The maximum Gasteiger partial charge on any atom is 0.300 e. The highest BCUT2D eigenvalue weighted by Crippen LogP contribution is 1.42. The summed E-state index contributed by atoms with van der Waals surface area (Å²) in [6, 6.07) is 0. The minimum absolute atomic E-state index is 0.750. The maximum absolute atomic E-state index is 9.00. The molecule has 0 aromatic rings. The Hall–Kier alpha value is -1.09. The van der Waals surface area contributed by atoms with E-state index < -0.39 is 5.97 Å². The number of nitrogens with two attached hydrogens (primary N) is 1. The normalized spacial score (nSPS) is 4.64. The van der Waals surface area contributed by atoms with Crippen LogP contribution in [0.5, 0.6) is 0 Å². The van der Waals surface area contributed by atoms with Gasteiger partial charge in [-0.3, -0.25) is 4.79 Å². The van der Waals surface area contributed by atoms with E-state index in [0.29, 0.717) is 0 Å². The van der Waals surface area contributed by atoms with E-state index in [0.717, 1.165) is 13.5 Å². The summed E-state index contributed by atoms with van der Waals surface area (Å²) in [5.41, 5.74) is 4.85. The van der Waals surface area contributed by atoms with E-state index in [-0.39, 0.29) is 0 Å². The van der Waals surface area contributed by atoms with Gasteiger partial charge in [0.25, 0.3) is 5.97 Å². The van der Waals surface area contributed by atoms with Gasteiger partial charge in [0, 0.05) is 6.92 Å². The van der Waals surface area contributed by atoms with Gasteiger partial charge in [-0.1, -0.05) is 6.92 Å². The zero-order valence-electron chi connectivity index (χ0n) is 7.47. The molecule has 0 aliphatic carbocycles. The third-order valence-corrected chi connectivity index (χ3v) is 0. The average Bonchev–Trinajstić information content (AvgIpc) is 1.96. The highest BCUT2D eigenvalue weighted by Gasteiger charge is 1.65. The van der Waals surface area contributed by atoms with Crippen molar-refractivity contribution in [3.8, 4) is 0 Å². The van der Waals surface area contributed by atoms with Gasteiger partial charge in [-0.15, -0.1) is 26.3 Å². The van der Waals surface area contributed by atoms with E-state index in [2.05, 4.69) is 26.3 Å². The Bertz CT molecular complexity index is 59.1. The summed E-state index contributed by atoms with van der Waals surface area (Å²) in [6.45, 7) is 15.7. The molecule has 0 saturated carbocycles. The molecule has 0 atom stereocenters. The van der Waals surface area contributed by atoms with Crippen LogP contribution in [0.2, 0.25) is 0 Å². The molecule has 0 bridgehead atoms. The van der Waals surface area contributed by atoms with E-state index in [1.165, 1.54) is 0 Å². The number of rotatable bonds is 0. The topological polar surface area (TPSA) is 63.3 Å². The van der Waals surface area contributed by atoms with Crippen molar-refractivity contribution in [2.75, 3.05) is 6.54 Å². The molecule has 0 radical (unpaired) electrons. The van der Waals surface area contributed by atoms with Gasteiger partial charge in [0.15, 0.2) is 0 Å². The van der Waals surface area contributed by atoms with Gasteiger partial charge in [0.05, 0.1) is 0 Å². The first-order valence-electron chi connectivity index (χ1n) is 3.04. The SMILES string of the molecule is C=C.C=C.CC(=O)O.CCN. The first-order valence-corrected chi connectivity index (χ1v) is 3.04. The van der Waals surface area contributed by atoms with Crippen molar-refractivity contribution in [1.29, 1.82) is 0 Å². The number of carboxylic acid groups (broad SMARTS) is 1. The van der Waals surface area contributed by atoms with Gasteiger partial charge in [0.2, 0.25) is 0 Å². The Balaban J connectivity index is -0.0000000315. The Morgan fingerprint density at radius 2 is 1.36 bits per heavy atom. The van der Waals surface area contributed by atoms with E-state index in [4.69, 9.17) is 15.6 Å². The molecule has 0 amide bonds. The lowest BCUT2D eigenvalue weighted by Gasteiger charge is -1.59. The van der Waals surface area contributed by atoms with E-state index >= 15 is 0 Å². The van der Waals surface area contributed by atoms with E-state index in [9.17, 15) is 0 Å². The Kier molecular flexibility index (Phi) is 135. The molecule has 3 nitrogen and oxygen atoms in total. The lowest BCUT2D eigenvalue weighted by Crippen LogP contribution is -1.87. The monoisotopic (exact) mass is 161 g/mol. The fourth-order valence-electron chi connectivity index (χ4n) is 0. The van der Waals surface area contributed by atoms with Crippen molar-refractivity contribution in [1.82, 2.24) is 0 Å². The smallest absolute Gasteiger partial charge is 0.300 e. The minimum atomic E-state index is -0.833. The average molecular weight is 161 g/mol. The van der Waals surface area contributed by atoms with Gasteiger partial charge in [-0.05, 0) is 6.54 Å². The summed E-state index contributed by atoms with van der Waals surface area (Å²) in [4.78, 5) is 9.00. The molecule has 11 heavy (non-hydrogen) atoms. The summed E-state index contributed by atoms with van der Waals surface area (Å²) < 4.78 is 0. The van der Waals surface area contributed by atoms with Crippen LogP contribution >= 0.6 is 0 Å². The molecule has 3 heteroatoms. The molecule has 0 rings (SSSR count). The second kappa shape index (κ2) is 65.8. The van der Waals surface area contributed by atoms with Crippen LogP contribution in [0.1, 0.15) is 13.8 Å². The molecule has 0 unspecified atom stereocenters. The lowest BCUT2D eigenvalue weighted by molar-refractivity contribution is -0.134. The molecule has 0 saturated heterocycles. The van der Waals surface area contributed by atoms with Crippen LogP contribution in [0.3, 0.4) is 0 Å². The largest absolute Gasteiger partial charge is 0.481 e. The molecule has 0 aromatic heterocycles. The van der Waals surface area contributed by atoms with Gasteiger partial charge in [-0.2, -0.15) is 0 Å². The molecule has 0 aromatic carbocycles. The summed E-state index contributed by atoms with van der Waals surface area (Å²) in [5.74, 6) is -0.833. The van der Waals surface area contributed by atoms with Gasteiger partial charge >= 0.3 is 0 Å². The Morgan fingerprint density at radius 3 is 1.36 bits per heavy atom. The number of hydrogen-bond donors (Lipinski definition) is 2. The molecule has 3 N–H and O–H groups in total. The van der Waals surface area contributed by atoms with Crippen molar-refractivity contribution < 1.29 is 9.90 Å². The van der Waals surface area contributed by atoms with Crippen LogP contribution < -0.4 is 5.73 Å². The number of hydrogen-bond acceptors (Lipinski definition) is 2. The molecular weight excluding hydrogens is 142 g/mol. The first-order chi connectivity index (χ1) is 5.15. The van der Waals surface area contributed by atoms with Crippen molar-refractivity contribution in [2.24, 2.45) is 5.73 Å². The fraction of sp³-hybridized carbons (Fsp3) is 0.375. The van der Waals surface area contributed by atoms with Crippen molar-refractivity contribution in [3.05, 3.63) is 26.3 Å². The Morgan fingerprint density at radius 1 is 1.36 bits per heavy atom. The molecular formula is C8H19NO2. The Labute approximate surface area is 69.2 Å². The summed E-state index contributed by atoms with van der Waals surface area (Å²) in [6.07, 6.45) is 0.